The van der Waals surface area contributed by atoms with Crippen LogP contribution in [0.5, 0.6) is 0 Å². The van der Waals surface area contributed by atoms with Gasteiger partial charge in [0, 0.05) is 30.7 Å². The summed E-state index contributed by atoms with van der Waals surface area (Å²) in [6.45, 7) is 0.366. The monoisotopic (exact) mass is 272 g/mol. The van der Waals surface area contributed by atoms with Crippen molar-refractivity contribution in [3.05, 3.63) is 35.6 Å². The van der Waals surface area contributed by atoms with Crippen LogP contribution in [-0.4, -0.2) is 33.0 Å². The smallest absolute Gasteiger partial charge is 0.151 e. The second-order valence-electron chi connectivity index (χ2n) is 4.92. The predicted octanol–water partition coefficient (Wildman–Crippen LogP) is 0.240. The molecule has 1 aromatic carbocycles. The number of hydrogen-bond acceptors (Lipinski definition) is 4. The molecule has 0 heterocycles. The Balaban J connectivity index is 2.45. The molecule has 0 aromatic heterocycles. The van der Waals surface area contributed by atoms with Gasteiger partial charge >= 0.3 is 0 Å². The second-order valence-corrected chi connectivity index (χ2v) is 7.09. The molecule has 1 aliphatic rings. The van der Waals surface area contributed by atoms with Crippen molar-refractivity contribution in [2.75, 3.05) is 19.3 Å². The summed E-state index contributed by atoms with van der Waals surface area (Å²) in [4.78, 5) is 0. The van der Waals surface area contributed by atoms with Crippen LogP contribution >= 0.6 is 0 Å². The highest BCUT2D eigenvalue weighted by atomic mass is 32.2. The van der Waals surface area contributed by atoms with Gasteiger partial charge in [-0.25, -0.2) is 12.8 Å². The Labute approximate surface area is 106 Å². The maximum absolute atomic E-state index is 13.2. The van der Waals surface area contributed by atoms with Crippen LogP contribution in [0.2, 0.25) is 0 Å². The fourth-order valence-electron chi connectivity index (χ4n) is 2.90. The van der Waals surface area contributed by atoms with Gasteiger partial charge < -0.3 is 11.5 Å². The van der Waals surface area contributed by atoms with E-state index in [-0.39, 0.29) is 24.8 Å². The normalized spacial score (nSPS) is 26.0. The molecule has 6 heteroatoms. The summed E-state index contributed by atoms with van der Waals surface area (Å²) in [7, 11) is -3.25. The van der Waals surface area contributed by atoms with E-state index in [9.17, 15) is 12.8 Å². The Morgan fingerprint density at radius 2 is 1.94 bits per heavy atom. The van der Waals surface area contributed by atoms with E-state index in [0.29, 0.717) is 5.56 Å². The minimum absolute atomic E-state index is 0.183. The van der Waals surface area contributed by atoms with Crippen molar-refractivity contribution in [1.29, 1.82) is 0 Å². The quantitative estimate of drug-likeness (QED) is 0.822. The number of sulfone groups is 1. The molecular formula is C12H17FN2O2S. The molecule has 0 saturated heterocycles. The molecule has 0 spiro atoms. The molecule has 1 saturated carbocycles. The lowest BCUT2D eigenvalue weighted by atomic mass is 9.99. The number of hydrogen-bond donors (Lipinski definition) is 2. The Kier molecular flexibility index (Phi) is 3.21. The van der Waals surface area contributed by atoms with Crippen molar-refractivity contribution in [1.82, 2.24) is 0 Å². The third-order valence-electron chi connectivity index (χ3n) is 3.81. The van der Waals surface area contributed by atoms with Gasteiger partial charge in [0.2, 0.25) is 0 Å². The van der Waals surface area contributed by atoms with Crippen molar-refractivity contribution in [2.24, 2.45) is 16.9 Å². The molecule has 2 rings (SSSR count). The average Bonchev–Trinajstić information content (AvgIpc) is 2.98. The molecule has 0 bridgehead atoms. The minimum Gasteiger partial charge on any atom is -0.330 e. The highest BCUT2D eigenvalue weighted by molar-refractivity contribution is 7.91. The first-order valence-corrected chi connectivity index (χ1v) is 7.67. The van der Waals surface area contributed by atoms with Crippen LogP contribution in [0.15, 0.2) is 24.3 Å². The van der Waals surface area contributed by atoms with Crippen LogP contribution in [0.4, 0.5) is 4.39 Å². The Hall–Kier alpha value is -0.980. The molecular weight excluding hydrogens is 255 g/mol. The third kappa shape index (κ3) is 1.94. The minimum atomic E-state index is -3.25. The molecule has 4 N–H and O–H groups in total. The van der Waals surface area contributed by atoms with E-state index < -0.39 is 20.5 Å². The fraction of sp³-hybridized carbons (Fsp3) is 0.500. The zero-order valence-electron chi connectivity index (χ0n) is 10.1. The zero-order valence-corrected chi connectivity index (χ0v) is 11.0. The first-order chi connectivity index (χ1) is 8.36. The van der Waals surface area contributed by atoms with Gasteiger partial charge in [-0.1, -0.05) is 12.1 Å². The SMILES string of the molecule is CS(=O)(=O)[C@H]1[C@@H](c2cccc(F)c2)C1(CN)CN. The zero-order chi connectivity index (χ0) is 13.6. The van der Waals surface area contributed by atoms with Crippen LogP contribution in [0.1, 0.15) is 11.5 Å². The maximum atomic E-state index is 13.2. The summed E-state index contributed by atoms with van der Waals surface area (Å²) in [5.74, 6) is -0.687. The highest BCUT2D eigenvalue weighted by Gasteiger charge is 2.68. The average molecular weight is 272 g/mol. The van der Waals surface area contributed by atoms with E-state index >= 15 is 0 Å². The first kappa shape index (κ1) is 13.5. The second kappa shape index (κ2) is 4.29. The summed E-state index contributed by atoms with van der Waals surface area (Å²) in [5.41, 5.74) is 11.4. The topological polar surface area (TPSA) is 86.2 Å². The molecule has 1 fully saturated rings. The molecule has 2 atom stereocenters. The van der Waals surface area contributed by atoms with Crippen LogP contribution in [-0.2, 0) is 9.84 Å². The molecule has 0 aliphatic heterocycles. The molecule has 100 valence electrons. The largest absolute Gasteiger partial charge is 0.330 e. The van der Waals surface area contributed by atoms with E-state index in [1.165, 1.54) is 18.4 Å². The van der Waals surface area contributed by atoms with Crippen molar-refractivity contribution >= 4 is 9.84 Å². The van der Waals surface area contributed by atoms with Crippen molar-refractivity contribution < 1.29 is 12.8 Å². The lowest BCUT2D eigenvalue weighted by molar-refractivity contribution is 0.510. The molecule has 0 amide bonds. The van der Waals surface area contributed by atoms with Gasteiger partial charge in [-0.15, -0.1) is 0 Å². The first-order valence-electron chi connectivity index (χ1n) is 5.71. The van der Waals surface area contributed by atoms with E-state index in [2.05, 4.69) is 0 Å². The van der Waals surface area contributed by atoms with Gasteiger partial charge in [0.25, 0.3) is 0 Å². The summed E-state index contributed by atoms with van der Waals surface area (Å²) in [6, 6.07) is 5.98. The lowest BCUT2D eigenvalue weighted by Crippen LogP contribution is -2.31. The molecule has 1 aliphatic carbocycles. The van der Waals surface area contributed by atoms with Gasteiger partial charge in [-0.2, -0.15) is 0 Å². The van der Waals surface area contributed by atoms with Crippen LogP contribution in [0.3, 0.4) is 0 Å². The maximum Gasteiger partial charge on any atom is 0.151 e. The molecule has 18 heavy (non-hydrogen) atoms. The Morgan fingerprint density at radius 3 is 2.33 bits per heavy atom. The van der Waals surface area contributed by atoms with Crippen molar-refractivity contribution in [3.8, 4) is 0 Å². The number of nitrogens with two attached hydrogens (primary N) is 2. The van der Waals surface area contributed by atoms with E-state index in [1.54, 1.807) is 12.1 Å². The molecule has 0 radical (unpaired) electrons. The number of halogens is 1. The van der Waals surface area contributed by atoms with Crippen molar-refractivity contribution in [3.63, 3.8) is 0 Å². The predicted molar refractivity (Wildman–Crippen MR) is 68.3 cm³/mol. The van der Waals surface area contributed by atoms with Gasteiger partial charge in [0.1, 0.15) is 5.82 Å². The van der Waals surface area contributed by atoms with Crippen LogP contribution < -0.4 is 11.5 Å². The number of rotatable bonds is 4. The van der Waals surface area contributed by atoms with Gasteiger partial charge in [-0.05, 0) is 17.7 Å². The lowest BCUT2D eigenvalue weighted by Gasteiger charge is -2.12. The van der Waals surface area contributed by atoms with Crippen molar-refractivity contribution in [2.45, 2.75) is 11.2 Å². The van der Waals surface area contributed by atoms with Gasteiger partial charge in [-0.3, -0.25) is 0 Å². The van der Waals surface area contributed by atoms with E-state index in [1.807, 2.05) is 0 Å². The third-order valence-corrected chi connectivity index (χ3v) is 5.47. The van der Waals surface area contributed by atoms with Crippen LogP contribution in [0.25, 0.3) is 0 Å². The summed E-state index contributed by atoms with van der Waals surface area (Å²) in [5, 5.41) is -0.609. The summed E-state index contributed by atoms with van der Waals surface area (Å²) in [6.07, 6.45) is 1.18. The van der Waals surface area contributed by atoms with Gasteiger partial charge in [0.05, 0.1) is 5.25 Å². The summed E-state index contributed by atoms with van der Waals surface area (Å²) < 4.78 is 36.8. The molecule has 4 nitrogen and oxygen atoms in total. The van der Waals surface area contributed by atoms with Crippen LogP contribution in [0, 0.1) is 11.2 Å². The van der Waals surface area contributed by atoms with E-state index in [4.69, 9.17) is 11.5 Å². The molecule has 0 unspecified atom stereocenters. The number of benzene rings is 1. The fourth-order valence-corrected chi connectivity index (χ4v) is 4.94. The molecule has 1 aromatic rings. The van der Waals surface area contributed by atoms with E-state index in [0.717, 1.165) is 0 Å². The standard InChI is InChI=1S/C12H17FN2O2S/c1-18(16,17)11-10(12(11,6-14)7-15)8-3-2-4-9(13)5-8/h2-5,10-11H,6-7,14-15H2,1H3/t10-,11+/m1/s1. The Bertz CT molecular complexity index is 555. The summed E-state index contributed by atoms with van der Waals surface area (Å²) >= 11 is 0. The Morgan fingerprint density at radius 1 is 1.33 bits per heavy atom. The van der Waals surface area contributed by atoms with Gasteiger partial charge in [0.15, 0.2) is 9.84 Å². The highest BCUT2D eigenvalue weighted by Crippen LogP contribution is 2.61.